The number of benzene rings is 11. The second kappa shape index (κ2) is 24.5. The van der Waals surface area contributed by atoms with Crippen molar-refractivity contribution < 1.29 is 5.48 Å². The summed E-state index contributed by atoms with van der Waals surface area (Å²) in [5.41, 5.74) is 28.2. The van der Waals surface area contributed by atoms with Crippen LogP contribution in [0.2, 0.25) is 0 Å². The predicted molar refractivity (Wildman–Crippen MR) is 437 cm³/mol. The zero-order chi connectivity index (χ0) is 74.4. The van der Waals surface area contributed by atoms with Crippen LogP contribution >= 0.6 is 0 Å². The normalized spacial score (nSPS) is 13.7. The van der Waals surface area contributed by atoms with Gasteiger partial charge >= 0.3 is 0 Å². The maximum absolute atomic E-state index is 10.2. The van der Waals surface area contributed by atoms with Gasteiger partial charge in [-0.3, -0.25) is 9.97 Å². The highest BCUT2D eigenvalue weighted by atomic mass is 15.2. The molecule has 0 spiro atoms. The molecule has 0 radical (unpaired) electrons. The summed E-state index contributed by atoms with van der Waals surface area (Å²) < 4.78 is 41.2. The van der Waals surface area contributed by atoms with Gasteiger partial charge in [0.25, 0.3) is 6.71 Å². The van der Waals surface area contributed by atoms with Gasteiger partial charge < -0.3 is 14.4 Å². The van der Waals surface area contributed by atoms with Gasteiger partial charge in [-0.05, 0) is 158 Å². The lowest BCUT2D eigenvalue weighted by Crippen LogP contribution is -2.61. The highest BCUT2D eigenvalue weighted by Gasteiger charge is 2.46. The first-order chi connectivity index (χ1) is 50.4. The van der Waals surface area contributed by atoms with E-state index in [1.165, 1.54) is 22.3 Å². The number of hydrogen-bond acceptors (Lipinski definition) is 4. The van der Waals surface area contributed by atoms with Crippen molar-refractivity contribution in [2.45, 2.75) is 131 Å². The third-order valence-electron chi connectivity index (χ3n) is 21.2. The summed E-state index contributed by atoms with van der Waals surface area (Å²) in [5, 5.41) is 1.21. The Labute approximate surface area is 610 Å². The van der Waals surface area contributed by atoms with E-state index >= 15 is 0 Å². The molecule has 16 rings (SSSR count). The van der Waals surface area contributed by atoms with Crippen molar-refractivity contribution >= 4 is 79.0 Å². The molecule has 5 heterocycles. The van der Waals surface area contributed by atoms with E-state index in [2.05, 4.69) is 343 Å². The quantitative estimate of drug-likeness (QED) is 0.135. The Kier molecular flexibility index (Phi) is 14.7. The van der Waals surface area contributed by atoms with Gasteiger partial charge in [0.15, 0.2) is 0 Å². The van der Waals surface area contributed by atoms with E-state index in [-0.39, 0.29) is 51.2 Å². The molecular weight excluding hydrogens is 1230 g/mol. The fourth-order valence-corrected chi connectivity index (χ4v) is 15.4. The van der Waals surface area contributed by atoms with Crippen LogP contribution in [0.4, 0.5) is 34.1 Å². The van der Waals surface area contributed by atoms with Crippen LogP contribution in [0.1, 0.15) is 137 Å². The van der Waals surface area contributed by atoms with Crippen LogP contribution in [-0.4, -0.2) is 21.2 Å². The lowest BCUT2D eigenvalue weighted by molar-refractivity contribution is 0.568. The van der Waals surface area contributed by atoms with Crippen molar-refractivity contribution in [3.63, 3.8) is 0 Å². The highest BCUT2D eigenvalue weighted by Crippen LogP contribution is 2.54. The molecule has 502 valence electrons. The summed E-state index contributed by atoms with van der Waals surface area (Å²) in [7, 11) is 0. The second-order valence-corrected chi connectivity index (χ2v) is 33.3. The van der Waals surface area contributed by atoms with Gasteiger partial charge in [-0.25, -0.2) is 0 Å². The Balaban J connectivity index is 1.15. The molecule has 0 aliphatic carbocycles. The summed E-state index contributed by atoms with van der Waals surface area (Å²) in [5.74, 6) is 0. The van der Waals surface area contributed by atoms with Crippen LogP contribution in [-0.2, 0) is 27.1 Å². The van der Waals surface area contributed by atoms with Crippen LogP contribution in [0.3, 0.4) is 0 Å². The fraction of sp³-hybridized carbons (Fsp3) is 0.208. The van der Waals surface area contributed by atoms with Gasteiger partial charge in [-0.15, -0.1) is 0 Å². The first kappa shape index (κ1) is 61.1. The Hall–Kier alpha value is -10.8. The van der Waals surface area contributed by atoms with E-state index in [1.807, 2.05) is 24.8 Å². The molecule has 102 heavy (non-hydrogen) atoms. The van der Waals surface area contributed by atoms with Crippen molar-refractivity contribution in [3.05, 3.63) is 301 Å². The predicted octanol–water partition coefficient (Wildman–Crippen LogP) is 24.1. The van der Waals surface area contributed by atoms with Crippen molar-refractivity contribution in [3.8, 4) is 72.4 Å². The van der Waals surface area contributed by atoms with Crippen molar-refractivity contribution in [2.24, 2.45) is 0 Å². The number of nitrogens with zero attached hydrogens (tertiary/aromatic N) is 5. The van der Waals surface area contributed by atoms with Gasteiger partial charge in [0.05, 0.1) is 33.6 Å². The van der Waals surface area contributed by atoms with E-state index < -0.39 is 6.71 Å². The number of fused-ring (bicyclic) bond motifs is 7. The number of rotatable bonds is 9. The van der Waals surface area contributed by atoms with Gasteiger partial charge in [-0.2, -0.15) is 0 Å². The minimum absolute atomic E-state index is 0.0817. The third-order valence-corrected chi connectivity index (χ3v) is 21.2. The van der Waals surface area contributed by atoms with Crippen LogP contribution in [0.25, 0.3) is 94.3 Å². The summed E-state index contributed by atoms with van der Waals surface area (Å²) in [6, 6.07) is 81.8. The molecule has 0 fully saturated rings. The number of pyridine rings is 2. The van der Waals surface area contributed by atoms with E-state index in [0.717, 1.165) is 134 Å². The average molecular weight is 1330 g/mol. The van der Waals surface area contributed by atoms with Crippen molar-refractivity contribution in [1.82, 2.24) is 14.5 Å². The molecule has 5 nitrogen and oxygen atoms in total. The number of aromatic nitrogens is 3. The van der Waals surface area contributed by atoms with Gasteiger partial charge in [0.2, 0.25) is 0 Å². The molecule has 0 amide bonds. The Morgan fingerprint density at radius 2 is 0.667 bits per heavy atom. The molecule has 0 saturated heterocycles. The highest BCUT2D eigenvalue weighted by molar-refractivity contribution is 7.00. The lowest BCUT2D eigenvalue weighted by Gasteiger charge is -2.46. The van der Waals surface area contributed by atoms with Gasteiger partial charge in [-0.1, -0.05) is 310 Å². The molecule has 0 unspecified atom stereocenters. The Bertz CT molecular complexity index is 5390. The molecule has 3 aromatic heterocycles. The monoisotopic (exact) mass is 1330 g/mol. The van der Waals surface area contributed by atoms with Crippen molar-refractivity contribution in [2.75, 3.05) is 9.80 Å². The molecule has 14 aromatic rings. The second-order valence-electron chi connectivity index (χ2n) is 33.3. The average Bonchev–Trinajstić information content (AvgIpc) is 0.926. The number of hydrogen-bond donors (Lipinski definition) is 0. The third kappa shape index (κ3) is 11.5. The SMILES string of the molecule is [2H]c1c([2H])c([2H])c2c(c1[2H])c1cc(C(C)(C)C)ccc1n2-c1cc2c3c(c1)N(c1c(-c4ccccc4)cncc1-c1ccccc1)c1ccc(-c4cc(C(C)(C)C)cc(C(C)(C)C)c4)cc1B3c1cc(-c3cc(C(C)(C)C)cc(C(C)(C)C)c3)ccc1N2c1c(-c2ccccc2)cncc1-c1ccccc1. The fourth-order valence-electron chi connectivity index (χ4n) is 15.4. The smallest absolute Gasteiger partial charge is 0.252 e. The van der Waals surface area contributed by atoms with Crippen LogP contribution in [0.15, 0.2) is 273 Å². The summed E-state index contributed by atoms with van der Waals surface area (Å²) in [6.45, 7) is 33.9. The molecule has 0 saturated carbocycles. The lowest BCUT2D eigenvalue weighted by atomic mass is 9.33. The summed E-state index contributed by atoms with van der Waals surface area (Å²) in [4.78, 5) is 15.4. The summed E-state index contributed by atoms with van der Waals surface area (Å²) in [6.07, 6.45) is 8.10. The van der Waals surface area contributed by atoms with E-state index in [0.29, 0.717) is 16.6 Å². The van der Waals surface area contributed by atoms with E-state index in [9.17, 15) is 5.48 Å². The topological polar surface area (TPSA) is 37.2 Å². The minimum Gasteiger partial charge on any atom is -0.310 e. The molecule has 6 heteroatoms. The van der Waals surface area contributed by atoms with Crippen molar-refractivity contribution in [1.29, 1.82) is 0 Å². The molecule has 0 bridgehead atoms. The first-order valence-electron chi connectivity index (χ1n) is 38.0. The zero-order valence-electron chi connectivity index (χ0n) is 65.5. The molecule has 2 aliphatic heterocycles. The molecule has 0 N–H and O–H groups in total. The summed E-state index contributed by atoms with van der Waals surface area (Å²) >= 11 is 0. The van der Waals surface area contributed by atoms with Crippen LogP contribution in [0.5, 0.6) is 0 Å². The van der Waals surface area contributed by atoms with E-state index in [4.69, 9.17) is 9.97 Å². The largest absolute Gasteiger partial charge is 0.310 e. The molecule has 2 aliphatic rings. The zero-order valence-corrected chi connectivity index (χ0v) is 61.5. The molecule has 0 atom stereocenters. The minimum atomic E-state index is -0.439. The molecule has 11 aromatic carbocycles. The molecular formula is C96H90BN5. The van der Waals surface area contributed by atoms with Crippen LogP contribution < -0.4 is 26.2 Å². The number of anilines is 6. The maximum atomic E-state index is 10.2. The van der Waals surface area contributed by atoms with Gasteiger partial charge in [0.1, 0.15) is 0 Å². The first-order valence-corrected chi connectivity index (χ1v) is 36.0. The Morgan fingerprint density at radius 3 is 1.03 bits per heavy atom. The number of para-hydroxylation sites is 1. The van der Waals surface area contributed by atoms with E-state index in [1.54, 1.807) is 0 Å². The maximum Gasteiger partial charge on any atom is 0.252 e. The standard InChI is InChI=1S/C96H90BN5/c1-92(2,3)69-42-45-84-76(54-69)75-38-28-29-39-83(75)100(84)74-55-87-89-88(56-74)102(91-79(63-34-24-18-25-35-63)59-99-60-80(91)64-36-26-19-27-37-64)86-44-41-66(68-48-72(95(10,11)12)53-73(49-68)96(13,14)15)51-82(86)97(89)81-50-65(67-46-70(93(4,5)6)52-71(47-67)94(7,8)9)40-43-85(81)101(87)90-77(61-30-20-16-21-31-61)57-98-58-78(90)62-32-22-17-23-33-62/h16-60H,1-15H3/i28D,29D,38D,39D. The van der Waals surface area contributed by atoms with Crippen LogP contribution in [0, 0.1) is 0 Å². The van der Waals surface area contributed by atoms with Gasteiger partial charge in [0, 0.05) is 80.6 Å². The Morgan fingerprint density at radius 1 is 0.304 bits per heavy atom.